The van der Waals surface area contributed by atoms with E-state index in [1.54, 1.807) is 12.1 Å². The fraction of sp³-hybridized carbons (Fsp3) is 0.391. The zero-order chi connectivity index (χ0) is 21.2. The smallest absolute Gasteiger partial charge is 0.238 e. The van der Waals surface area contributed by atoms with Crippen molar-refractivity contribution >= 4 is 29.1 Å². The molecule has 1 saturated heterocycles. The molecule has 0 unspecified atom stereocenters. The summed E-state index contributed by atoms with van der Waals surface area (Å²) in [6, 6.07) is 17.5. The Hall–Kier alpha value is -2.41. The molecule has 6 nitrogen and oxygen atoms in total. The van der Waals surface area contributed by atoms with E-state index in [0.717, 1.165) is 39.0 Å². The van der Waals surface area contributed by atoms with Gasteiger partial charge in [0.05, 0.1) is 23.8 Å². The van der Waals surface area contributed by atoms with Gasteiger partial charge >= 0.3 is 0 Å². The van der Waals surface area contributed by atoms with Crippen LogP contribution in [0.15, 0.2) is 54.6 Å². The highest BCUT2D eigenvalue weighted by Crippen LogP contribution is 2.20. The third kappa shape index (κ3) is 7.44. The summed E-state index contributed by atoms with van der Waals surface area (Å²) < 4.78 is 0. The van der Waals surface area contributed by atoms with Gasteiger partial charge in [-0.1, -0.05) is 54.1 Å². The van der Waals surface area contributed by atoms with Crippen LogP contribution in [0.3, 0.4) is 0 Å². The van der Waals surface area contributed by atoms with Crippen LogP contribution >= 0.6 is 11.6 Å². The van der Waals surface area contributed by atoms with Gasteiger partial charge in [0.25, 0.3) is 0 Å². The lowest BCUT2D eigenvalue weighted by Gasteiger charge is -2.33. The van der Waals surface area contributed by atoms with E-state index in [4.69, 9.17) is 11.6 Å². The van der Waals surface area contributed by atoms with Crippen molar-refractivity contribution in [3.8, 4) is 0 Å². The first-order chi connectivity index (χ1) is 14.6. The van der Waals surface area contributed by atoms with Gasteiger partial charge in [-0.15, -0.1) is 0 Å². The number of hydrogen-bond acceptors (Lipinski definition) is 4. The molecule has 0 bridgehead atoms. The lowest BCUT2D eigenvalue weighted by molar-refractivity contribution is -0.123. The van der Waals surface area contributed by atoms with Crippen LogP contribution in [0.5, 0.6) is 0 Å². The molecule has 0 saturated carbocycles. The van der Waals surface area contributed by atoms with E-state index in [2.05, 4.69) is 32.6 Å². The molecule has 1 aliphatic heterocycles. The first-order valence-electron chi connectivity index (χ1n) is 10.4. The van der Waals surface area contributed by atoms with E-state index in [1.807, 2.05) is 30.3 Å². The summed E-state index contributed by atoms with van der Waals surface area (Å²) >= 11 is 6.08. The van der Waals surface area contributed by atoms with Crippen LogP contribution in [0.1, 0.15) is 12.0 Å². The molecule has 2 amide bonds. The predicted octanol–water partition coefficient (Wildman–Crippen LogP) is 2.65. The van der Waals surface area contributed by atoms with Crippen LogP contribution in [-0.2, 0) is 16.0 Å². The van der Waals surface area contributed by atoms with Crippen molar-refractivity contribution in [1.82, 2.24) is 15.1 Å². The van der Waals surface area contributed by atoms with Gasteiger partial charge in [0.1, 0.15) is 0 Å². The zero-order valence-electron chi connectivity index (χ0n) is 17.1. The van der Waals surface area contributed by atoms with E-state index in [-0.39, 0.29) is 11.8 Å². The van der Waals surface area contributed by atoms with Gasteiger partial charge in [-0.2, -0.15) is 0 Å². The summed E-state index contributed by atoms with van der Waals surface area (Å²) in [4.78, 5) is 28.7. The van der Waals surface area contributed by atoms with E-state index in [1.165, 1.54) is 5.56 Å². The van der Waals surface area contributed by atoms with Crippen LogP contribution in [0.4, 0.5) is 5.69 Å². The van der Waals surface area contributed by atoms with E-state index in [0.29, 0.717) is 30.3 Å². The molecule has 3 rings (SSSR count). The number of nitrogens with zero attached hydrogens (tertiary/aromatic N) is 2. The van der Waals surface area contributed by atoms with Gasteiger partial charge in [-0.05, 0) is 30.5 Å². The SMILES string of the molecule is O=C(CN1CCN(CC(=O)Nc2ccccc2Cl)CC1)NCCCc1ccccc1. The molecule has 1 heterocycles. The lowest BCUT2D eigenvalue weighted by Crippen LogP contribution is -2.51. The van der Waals surface area contributed by atoms with Gasteiger partial charge in [-0.3, -0.25) is 19.4 Å². The van der Waals surface area contributed by atoms with Gasteiger partial charge in [0.15, 0.2) is 0 Å². The van der Waals surface area contributed by atoms with Gasteiger partial charge < -0.3 is 10.6 Å². The molecule has 0 spiro atoms. The highest BCUT2D eigenvalue weighted by atomic mass is 35.5. The quantitative estimate of drug-likeness (QED) is 0.603. The molecule has 2 aromatic rings. The molecule has 0 radical (unpaired) electrons. The van der Waals surface area contributed by atoms with Crippen molar-refractivity contribution in [3.05, 3.63) is 65.2 Å². The number of benzene rings is 2. The molecule has 2 N–H and O–H groups in total. The molecule has 1 fully saturated rings. The second-order valence-corrected chi connectivity index (χ2v) is 7.93. The molecule has 0 aromatic heterocycles. The Morgan fingerprint density at radius 3 is 2.10 bits per heavy atom. The molecule has 0 atom stereocenters. The number of anilines is 1. The number of hydrogen-bond donors (Lipinski definition) is 2. The molecule has 30 heavy (non-hydrogen) atoms. The number of aryl methyl sites for hydroxylation is 1. The number of para-hydroxylation sites is 1. The van der Waals surface area contributed by atoms with Crippen molar-refractivity contribution in [2.75, 3.05) is 51.1 Å². The first-order valence-corrected chi connectivity index (χ1v) is 10.8. The number of carbonyl (C=O) groups is 2. The zero-order valence-corrected chi connectivity index (χ0v) is 17.9. The summed E-state index contributed by atoms with van der Waals surface area (Å²) in [7, 11) is 0. The highest BCUT2D eigenvalue weighted by Gasteiger charge is 2.20. The van der Waals surface area contributed by atoms with Crippen molar-refractivity contribution in [3.63, 3.8) is 0 Å². The second-order valence-electron chi connectivity index (χ2n) is 7.52. The maximum absolute atomic E-state index is 12.3. The summed E-state index contributed by atoms with van der Waals surface area (Å²) in [6.07, 6.45) is 1.90. The normalized spacial score (nSPS) is 15.0. The number of halogens is 1. The lowest BCUT2D eigenvalue weighted by atomic mass is 10.1. The van der Waals surface area contributed by atoms with Crippen LogP contribution in [0.2, 0.25) is 5.02 Å². The highest BCUT2D eigenvalue weighted by molar-refractivity contribution is 6.33. The third-order valence-corrected chi connectivity index (χ3v) is 5.48. The summed E-state index contributed by atoms with van der Waals surface area (Å²) in [6.45, 7) is 4.49. The maximum Gasteiger partial charge on any atom is 0.238 e. The minimum Gasteiger partial charge on any atom is -0.355 e. The van der Waals surface area contributed by atoms with Gasteiger partial charge in [0, 0.05) is 32.7 Å². The van der Waals surface area contributed by atoms with Crippen LogP contribution in [0.25, 0.3) is 0 Å². The fourth-order valence-electron chi connectivity index (χ4n) is 3.48. The second kappa shape index (κ2) is 11.7. The van der Waals surface area contributed by atoms with Crippen molar-refractivity contribution < 1.29 is 9.59 Å². The number of carbonyl (C=O) groups excluding carboxylic acids is 2. The third-order valence-electron chi connectivity index (χ3n) is 5.15. The maximum atomic E-state index is 12.3. The molecular formula is C23H29ClN4O2. The standard InChI is InChI=1S/C23H29ClN4O2/c24-20-10-4-5-11-21(20)26-23(30)18-28-15-13-27(14-16-28)17-22(29)25-12-6-9-19-7-2-1-3-8-19/h1-5,7-8,10-11H,6,9,12-18H2,(H,25,29)(H,26,30). The average Bonchev–Trinajstić information content (AvgIpc) is 2.75. The van der Waals surface area contributed by atoms with Gasteiger partial charge in [-0.25, -0.2) is 0 Å². The minimum absolute atomic E-state index is 0.0629. The number of nitrogens with one attached hydrogen (secondary N) is 2. The van der Waals surface area contributed by atoms with E-state index in [9.17, 15) is 9.59 Å². The Morgan fingerprint density at radius 2 is 1.43 bits per heavy atom. The first kappa shape index (κ1) is 22.3. The Bertz CT molecular complexity index is 823. The molecule has 7 heteroatoms. The number of rotatable bonds is 9. The van der Waals surface area contributed by atoms with E-state index >= 15 is 0 Å². The van der Waals surface area contributed by atoms with Crippen molar-refractivity contribution in [1.29, 1.82) is 0 Å². The molecule has 160 valence electrons. The Balaban J connectivity index is 1.29. The monoisotopic (exact) mass is 428 g/mol. The number of piperazine rings is 1. The largest absolute Gasteiger partial charge is 0.355 e. The predicted molar refractivity (Wildman–Crippen MR) is 121 cm³/mol. The molecule has 1 aliphatic rings. The average molecular weight is 429 g/mol. The van der Waals surface area contributed by atoms with E-state index < -0.39 is 0 Å². The Kier molecular flexibility index (Phi) is 8.68. The molecule has 2 aromatic carbocycles. The van der Waals surface area contributed by atoms with Crippen LogP contribution in [-0.4, -0.2) is 67.4 Å². The van der Waals surface area contributed by atoms with Crippen LogP contribution < -0.4 is 10.6 Å². The summed E-state index contributed by atoms with van der Waals surface area (Å²) in [5.41, 5.74) is 1.92. The molecular weight excluding hydrogens is 400 g/mol. The fourth-order valence-corrected chi connectivity index (χ4v) is 3.67. The summed E-state index contributed by atoms with van der Waals surface area (Å²) in [5, 5.41) is 6.39. The topological polar surface area (TPSA) is 64.7 Å². The number of amides is 2. The van der Waals surface area contributed by atoms with Crippen molar-refractivity contribution in [2.24, 2.45) is 0 Å². The summed E-state index contributed by atoms with van der Waals surface area (Å²) in [5.74, 6) is -0.0133. The Morgan fingerprint density at radius 1 is 0.833 bits per heavy atom. The van der Waals surface area contributed by atoms with Crippen molar-refractivity contribution in [2.45, 2.75) is 12.8 Å². The minimum atomic E-state index is -0.0762. The molecule has 0 aliphatic carbocycles. The Labute approximate surface area is 183 Å². The van der Waals surface area contributed by atoms with Gasteiger partial charge in [0.2, 0.25) is 11.8 Å². The van der Waals surface area contributed by atoms with Crippen LogP contribution in [0, 0.1) is 0 Å².